The van der Waals surface area contributed by atoms with Gasteiger partial charge in [-0.25, -0.2) is 0 Å². The van der Waals surface area contributed by atoms with Crippen LogP contribution in [0.4, 0.5) is 0 Å². The first-order valence-corrected chi connectivity index (χ1v) is 8.96. The van der Waals surface area contributed by atoms with Crippen molar-refractivity contribution in [3.63, 3.8) is 0 Å². The number of hydrogen-bond acceptors (Lipinski definition) is 3. The van der Waals surface area contributed by atoms with Crippen molar-refractivity contribution in [1.82, 2.24) is 15.1 Å². The third-order valence-electron chi connectivity index (χ3n) is 3.87. The highest BCUT2D eigenvalue weighted by molar-refractivity contribution is 14.0. The molecule has 0 unspecified atom stereocenters. The smallest absolute Gasteiger partial charge is 0.193 e. The normalized spacial score (nSPS) is 11.0. The zero-order valence-corrected chi connectivity index (χ0v) is 19.0. The molecular formula is C20H35IN4O. The molecule has 0 saturated heterocycles. The molecule has 1 aromatic rings. The van der Waals surface area contributed by atoms with Gasteiger partial charge in [0.05, 0.1) is 6.61 Å². The van der Waals surface area contributed by atoms with E-state index >= 15 is 0 Å². The molecule has 0 fully saturated rings. The van der Waals surface area contributed by atoms with E-state index in [1.807, 2.05) is 25.3 Å². The van der Waals surface area contributed by atoms with Crippen molar-refractivity contribution in [3.05, 3.63) is 42.5 Å². The van der Waals surface area contributed by atoms with Crippen LogP contribution in [0.25, 0.3) is 0 Å². The van der Waals surface area contributed by atoms with Crippen LogP contribution in [0, 0.1) is 0 Å². The average molecular weight is 474 g/mol. The Kier molecular flexibility index (Phi) is 14.1. The molecule has 148 valence electrons. The van der Waals surface area contributed by atoms with E-state index in [1.54, 1.807) is 0 Å². The second-order valence-electron chi connectivity index (χ2n) is 6.40. The number of rotatable bonds is 11. The summed E-state index contributed by atoms with van der Waals surface area (Å²) < 4.78 is 5.76. The number of nitrogens with zero attached hydrogens (tertiary/aromatic N) is 3. The lowest BCUT2D eigenvalue weighted by atomic mass is 10.2. The fourth-order valence-electron chi connectivity index (χ4n) is 2.42. The van der Waals surface area contributed by atoms with E-state index in [0.717, 1.165) is 57.2 Å². The molecule has 1 N–H and O–H groups in total. The SMILES string of the molecule is C=CCCCN(C)C(=NC)NCc1ccc(OCCCN(C)C)cc1.I. The van der Waals surface area contributed by atoms with Crippen molar-refractivity contribution >= 4 is 29.9 Å². The van der Waals surface area contributed by atoms with Crippen molar-refractivity contribution < 1.29 is 4.74 Å². The minimum absolute atomic E-state index is 0. The molecule has 0 radical (unpaired) electrons. The van der Waals surface area contributed by atoms with Gasteiger partial charge in [-0.05, 0) is 51.1 Å². The van der Waals surface area contributed by atoms with E-state index < -0.39 is 0 Å². The monoisotopic (exact) mass is 474 g/mol. The minimum Gasteiger partial charge on any atom is -0.494 e. The summed E-state index contributed by atoms with van der Waals surface area (Å²) in [7, 11) is 8.03. The Labute approximate surface area is 176 Å². The zero-order chi connectivity index (χ0) is 18.5. The van der Waals surface area contributed by atoms with Crippen molar-refractivity contribution in [2.45, 2.75) is 25.8 Å². The van der Waals surface area contributed by atoms with Crippen LogP contribution in [0.3, 0.4) is 0 Å². The van der Waals surface area contributed by atoms with Gasteiger partial charge >= 0.3 is 0 Å². The van der Waals surface area contributed by atoms with Crippen LogP contribution in [0.2, 0.25) is 0 Å². The van der Waals surface area contributed by atoms with Crippen LogP contribution in [0.5, 0.6) is 5.75 Å². The molecule has 1 rings (SSSR count). The molecule has 0 bridgehead atoms. The largest absolute Gasteiger partial charge is 0.494 e. The summed E-state index contributed by atoms with van der Waals surface area (Å²) in [4.78, 5) is 8.65. The molecule has 26 heavy (non-hydrogen) atoms. The first kappa shape index (κ1) is 24.7. The summed E-state index contributed by atoms with van der Waals surface area (Å²) in [6.45, 7) is 7.26. The molecule has 0 saturated carbocycles. The van der Waals surface area contributed by atoms with Crippen LogP contribution in [-0.4, -0.2) is 63.6 Å². The molecule has 0 spiro atoms. The molecule has 1 aromatic carbocycles. The lowest BCUT2D eigenvalue weighted by Gasteiger charge is -2.22. The van der Waals surface area contributed by atoms with Crippen molar-refractivity contribution in [1.29, 1.82) is 0 Å². The minimum atomic E-state index is 0. The fourth-order valence-corrected chi connectivity index (χ4v) is 2.42. The van der Waals surface area contributed by atoms with Crippen molar-refractivity contribution in [2.75, 3.05) is 47.9 Å². The van der Waals surface area contributed by atoms with Crippen molar-refractivity contribution in [3.8, 4) is 5.75 Å². The second-order valence-corrected chi connectivity index (χ2v) is 6.40. The van der Waals surface area contributed by atoms with Crippen LogP contribution < -0.4 is 10.1 Å². The molecule has 0 aliphatic rings. The van der Waals surface area contributed by atoms with E-state index in [2.05, 4.69) is 60.0 Å². The first-order chi connectivity index (χ1) is 12.1. The van der Waals surface area contributed by atoms with Crippen LogP contribution in [-0.2, 0) is 6.54 Å². The molecule has 0 aliphatic heterocycles. The lowest BCUT2D eigenvalue weighted by Crippen LogP contribution is -2.38. The van der Waals surface area contributed by atoms with E-state index in [9.17, 15) is 0 Å². The zero-order valence-electron chi connectivity index (χ0n) is 16.7. The molecule has 0 amide bonds. The van der Waals surface area contributed by atoms with Gasteiger partial charge in [-0.2, -0.15) is 0 Å². The molecule has 5 nitrogen and oxygen atoms in total. The summed E-state index contributed by atoms with van der Waals surface area (Å²) in [5, 5.41) is 3.40. The molecule has 0 atom stereocenters. The standard InChI is InChI=1S/C20H34N4O.HI/c1-6-7-8-15-24(5)20(21-2)22-17-18-10-12-19(13-11-18)25-16-9-14-23(3)4;/h6,10-13H,1,7-9,14-17H2,2-5H3,(H,21,22);1H. The summed E-state index contributed by atoms with van der Waals surface area (Å²) in [6, 6.07) is 8.25. The van der Waals surface area contributed by atoms with Gasteiger partial charge in [-0.15, -0.1) is 30.6 Å². The van der Waals surface area contributed by atoms with Crippen LogP contribution in [0.1, 0.15) is 24.8 Å². The van der Waals surface area contributed by atoms with Crippen LogP contribution in [0.15, 0.2) is 41.9 Å². The second kappa shape index (κ2) is 14.8. The van der Waals surface area contributed by atoms with Gasteiger partial charge in [0.2, 0.25) is 0 Å². The number of benzene rings is 1. The van der Waals surface area contributed by atoms with Gasteiger partial charge in [0, 0.05) is 33.7 Å². The van der Waals surface area contributed by atoms with E-state index in [1.165, 1.54) is 5.56 Å². The lowest BCUT2D eigenvalue weighted by molar-refractivity contribution is 0.281. The summed E-state index contributed by atoms with van der Waals surface area (Å²) in [6.07, 6.45) is 5.09. The fraction of sp³-hybridized carbons (Fsp3) is 0.550. The Bertz CT molecular complexity index is 517. The maximum absolute atomic E-state index is 5.76. The number of ether oxygens (including phenoxy) is 1. The maximum atomic E-state index is 5.76. The number of hydrogen-bond donors (Lipinski definition) is 1. The summed E-state index contributed by atoms with van der Waals surface area (Å²) >= 11 is 0. The van der Waals surface area contributed by atoms with Gasteiger partial charge < -0.3 is 19.9 Å². The van der Waals surface area contributed by atoms with Gasteiger partial charge in [-0.1, -0.05) is 18.2 Å². The van der Waals surface area contributed by atoms with Crippen LogP contribution >= 0.6 is 24.0 Å². The molecule has 0 heterocycles. The Morgan fingerprint density at radius 3 is 2.42 bits per heavy atom. The number of unbranched alkanes of at least 4 members (excludes halogenated alkanes) is 1. The van der Waals surface area contributed by atoms with Crippen molar-refractivity contribution in [2.24, 2.45) is 4.99 Å². The van der Waals surface area contributed by atoms with Gasteiger partial charge in [0.25, 0.3) is 0 Å². The van der Waals surface area contributed by atoms with Gasteiger partial charge in [-0.3, -0.25) is 4.99 Å². The quantitative estimate of drug-likeness (QED) is 0.175. The Balaban J connectivity index is 0.00000625. The number of allylic oxidation sites excluding steroid dienone is 1. The Morgan fingerprint density at radius 2 is 1.85 bits per heavy atom. The summed E-state index contributed by atoms with van der Waals surface area (Å²) in [5.41, 5.74) is 1.21. The molecule has 0 aromatic heterocycles. The highest BCUT2D eigenvalue weighted by atomic mass is 127. The number of guanidine groups is 1. The number of halogens is 1. The number of nitrogens with one attached hydrogen (secondary N) is 1. The Morgan fingerprint density at radius 1 is 1.15 bits per heavy atom. The number of aliphatic imine (C=N–C) groups is 1. The molecule has 6 heteroatoms. The topological polar surface area (TPSA) is 40.1 Å². The predicted octanol–water partition coefficient (Wildman–Crippen LogP) is 3.61. The summed E-state index contributed by atoms with van der Waals surface area (Å²) in [5.74, 6) is 1.83. The highest BCUT2D eigenvalue weighted by Crippen LogP contribution is 2.12. The average Bonchev–Trinajstić information content (AvgIpc) is 2.60. The van der Waals surface area contributed by atoms with E-state index in [4.69, 9.17) is 4.74 Å². The predicted molar refractivity (Wildman–Crippen MR) is 123 cm³/mol. The Hall–Kier alpha value is -1.28. The maximum Gasteiger partial charge on any atom is 0.193 e. The molecular weight excluding hydrogens is 439 g/mol. The highest BCUT2D eigenvalue weighted by Gasteiger charge is 2.05. The third kappa shape index (κ3) is 10.7. The first-order valence-electron chi connectivity index (χ1n) is 8.96. The molecule has 0 aliphatic carbocycles. The van der Waals surface area contributed by atoms with E-state index in [0.29, 0.717) is 0 Å². The van der Waals surface area contributed by atoms with Gasteiger partial charge in [0.15, 0.2) is 5.96 Å². The van der Waals surface area contributed by atoms with Gasteiger partial charge in [0.1, 0.15) is 5.75 Å². The van der Waals surface area contributed by atoms with E-state index in [-0.39, 0.29) is 24.0 Å². The third-order valence-corrected chi connectivity index (χ3v) is 3.87.